The van der Waals surface area contributed by atoms with Crippen molar-refractivity contribution in [3.63, 3.8) is 0 Å². The minimum absolute atomic E-state index is 0.0269. The molecule has 6 nitrogen and oxygen atoms in total. The van der Waals surface area contributed by atoms with Crippen LogP contribution in [0.5, 0.6) is 0 Å². The third-order valence-corrected chi connectivity index (χ3v) is 6.16. The quantitative estimate of drug-likeness (QED) is 0.847. The average Bonchev–Trinajstić information content (AvgIpc) is 2.46. The smallest absolute Gasteiger partial charge is 0.330 e. The maximum atomic E-state index is 13.5. The summed E-state index contributed by atoms with van der Waals surface area (Å²) >= 11 is 5.54. The number of hydrogen-bond acceptors (Lipinski definition) is 4. The number of nitrogens with one attached hydrogen (secondary N) is 1. The van der Waals surface area contributed by atoms with Gasteiger partial charge in [-0.1, -0.05) is 24.1 Å². The first-order valence-corrected chi connectivity index (χ1v) is 9.01. The summed E-state index contributed by atoms with van der Waals surface area (Å²) < 4.78 is 37.3. The van der Waals surface area contributed by atoms with Crippen molar-refractivity contribution >= 4 is 33.3 Å². The Hall–Kier alpha value is -1.67. The largest absolute Gasteiger partial charge is 0.479 e. The molecule has 126 valence electrons. The lowest BCUT2D eigenvalue weighted by molar-refractivity contribution is -0.142. The van der Waals surface area contributed by atoms with E-state index in [1.165, 1.54) is 12.1 Å². The zero-order valence-corrected chi connectivity index (χ0v) is 13.5. The minimum atomic E-state index is -3.59. The van der Waals surface area contributed by atoms with Gasteiger partial charge in [0, 0.05) is 0 Å². The number of aliphatic carboxylic acids is 1. The highest BCUT2D eigenvalue weighted by molar-refractivity contribution is 7.92. The summed E-state index contributed by atoms with van der Waals surface area (Å²) in [6, 6.07) is 1.79. The van der Waals surface area contributed by atoms with Crippen molar-refractivity contribution in [2.24, 2.45) is 0 Å². The molecule has 2 atom stereocenters. The monoisotopic (exact) mass is 363 g/mol. The van der Waals surface area contributed by atoms with Gasteiger partial charge in [-0.15, -0.1) is 0 Å². The SMILES string of the molecule is O=C(O)C(NC(=O)C1CCCCS1(=O)=O)c1ccc(Cl)c(F)c1. The van der Waals surface area contributed by atoms with E-state index in [1.807, 2.05) is 0 Å². The van der Waals surface area contributed by atoms with E-state index in [-0.39, 0.29) is 22.8 Å². The van der Waals surface area contributed by atoms with Crippen LogP contribution in [0.1, 0.15) is 30.9 Å². The predicted octanol–water partition coefficient (Wildman–Crippen LogP) is 1.69. The fourth-order valence-corrected chi connectivity index (χ4v) is 4.39. The van der Waals surface area contributed by atoms with Gasteiger partial charge >= 0.3 is 5.97 Å². The predicted molar refractivity (Wildman–Crippen MR) is 81.4 cm³/mol. The third-order valence-electron chi connectivity index (χ3n) is 3.68. The summed E-state index contributed by atoms with van der Waals surface area (Å²) in [5.41, 5.74) is -0.0269. The molecule has 2 rings (SSSR count). The van der Waals surface area contributed by atoms with Crippen molar-refractivity contribution < 1.29 is 27.5 Å². The number of hydrogen-bond donors (Lipinski definition) is 2. The van der Waals surface area contributed by atoms with E-state index in [0.29, 0.717) is 12.8 Å². The van der Waals surface area contributed by atoms with E-state index in [0.717, 1.165) is 6.07 Å². The molecule has 1 aromatic rings. The lowest BCUT2D eigenvalue weighted by Crippen LogP contribution is -2.45. The van der Waals surface area contributed by atoms with Gasteiger partial charge in [-0.05, 0) is 30.5 Å². The van der Waals surface area contributed by atoms with Gasteiger partial charge in [0.1, 0.15) is 11.1 Å². The number of carboxylic acid groups (broad SMARTS) is 1. The molecule has 1 aromatic carbocycles. The Morgan fingerprint density at radius 2 is 2.04 bits per heavy atom. The van der Waals surface area contributed by atoms with Crippen LogP contribution in [0.4, 0.5) is 4.39 Å². The Morgan fingerprint density at radius 3 is 2.61 bits per heavy atom. The molecule has 1 aliphatic heterocycles. The fourth-order valence-electron chi connectivity index (χ4n) is 2.46. The first kappa shape index (κ1) is 17.7. The number of carbonyl (C=O) groups excluding carboxylic acids is 1. The first-order valence-electron chi connectivity index (χ1n) is 6.92. The Bertz CT molecular complexity index is 737. The van der Waals surface area contributed by atoms with Crippen molar-refractivity contribution in [3.05, 3.63) is 34.6 Å². The molecule has 0 saturated carbocycles. The van der Waals surface area contributed by atoms with Crippen LogP contribution in [0.25, 0.3) is 0 Å². The maximum Gasteiger partial charge on any atom is 0.330 e. The average molecular weight is 364 g/mol. The van der Waals surface area contributed by atoms with Gasteiger partial charge in [0.2, 0.25) is 5.91 Å². The van der Waals surface area contributed by atoms with Crippen LogP contribution in [-0.4, -0.2) is 36.4 Å². The second-order valence-corrected chi connectivity index (χ2v) is 8.01. The van der Waals surface area contributed by atoms with Gasteiger partial charge in [-0.3, -0.25) is 4.79 Å². The molecule has 0 aliphatic carbocycles. The number of rotatable bonds is 4. The van der Waals surface area contributed by atoms with E-state index in [9.17, 15) is 27.5 Å². The van der Waals surface area contributed by atoms with E-state index in [2.05, 4.69) is 5.32 Å². The molecule has 2 unspecified atom stereocenters. The summed E-state index contributed by atoms with van der Waals surface area (Å²) in [5.74, 6) is -3.23. The summed E-state index contributed by atoms with van der Waals surface area (Å²) in [7, 11) is -3.59. The highest BCUT2D eigenvalue weighted by atomic mass is 35.5. The van der Waals surface area contributed by atoms with Crippen molar-refractivity contribution in [3.8, 4) is 0 Å². The number of carbonyl (C=O) groups is 2. The lowest BCUT2D eigenvalue weighted by Gasteiger charge is -2.23. The molecule has 23 heavy (non-hydrogen) atoms. The molecule has 2 N–H and O–H groups in total. The van der Waals surface area contributed by atoms with Gasteiger partial charge in [-0.2, -0.15) is 0 Å². The molecular weight excluding hydrogens is 349 g/mol. The molecule has 0 radical (unpaired) electrons. The zero-order valence-electron chi connectivity index (χ0n) is 12.0. The number of halogens is 2. The molecule has 9 heteroatoms. The number of amides is 1. The molecule has 1 saturated heterocycles. The van der Waals surface area contributed by atoms with Crippen LogP contribution in [-0.2, 0) is 19.4 Å². The standard InChI is InChI=1S/C14H15ClFNO5S/c15-9-5-4-8(7-10(9)16)12(14(19)20)17-13(18)11-3-1-2-6-23(11,21)22/h4-5,7,11-12H,1-3,6H2,(H,17,18)(H,19,20). The molecule has 1 fully saturated rings. The van der Waals surface area contributed by atoms with E-state index >= 15 is 0 Å². The molecule has 0 aromatic heterocycles. The zero-order chi connectivity index (χ0) is 17.2. The van der Waals surface area contributed by atoms with Crippen LogP contribution < -0.4 is 5.32 Å². The molecular formula is C14H15ClFNO5S. The van der Waals surface area contributed by atoms with Crippen molar-refractivity contribution in [1.29, 1.82) is 0 Å². The van der Waals surface area contributed by atoms with E-state index in [4.69, 9.17) is 11.6 Å². The molecule has 0 bridgehead atoms. The van der Waals surface area contributed by atoms with Gasteiger partial charge in [-0.25, -0.2) is 17.6 Å². The van der Waals surface area contributed by atoms with Crippen LogP contribution in [0.15, 0.2) is 18.2 Å². The van der Waals surface area contributed by atoms with Gasteiger partial charge < -0.3 is 10.4 Å². The third kappa shape index (κ3) is 4.00. The normalized spacial score (nSPS) is 21.4. The molecule has 1 heterocycles. The summed E-state index contributed by atoms with van der Waals surface area (Å²) in [4.78, 5) is 23.5. The highest BCUT2D eigenvalue weighted by Gasteiger charge is 2.37. The molecule has 1 aliphatic rings. The van der Waals surface area contributed by atoms with Crippen LogP contribution in [0, 0.1) is 5.82 Å². The van der Waals surface area contributed by atoms with E-state index < -0.39 is 38.8 Å². The van der Waals surface area contributed by atoms with Crippen LogP contribution >= 0.6 is 11.6 Å². The van der Waals surface area contributed by atoms with Crippen LogP contribution in [0.2, 0.25) is 5.02 Å². The van der Waals surface area contributed by atoms with Crippen molar-refractivity contribution in [1.82, 2.24) is 5.32 Å². The van der Waals surface area contributed by atoms with Crippen molar-refractivity contribution in [2.45, 2.75) is 30.6 Å². The summed E-state index contributed by atoms with van der Waals surface area (Å²) in [6.45, 7) is 0. The summed E-state index contributed by atoms with van der Waals surface area (Å²) in [6.07, 6.45) is 1.21. The minimum Gasteiger partial charge on any atom is -0.479 e. The second kappa shape index (κ2) is 6.84. The Morgan fingerprint density at radius 1 is 1.35 bits per heavy atom. The first-order chi connectivity index (χ1) is 10.7. The van der Waals surface area contributed by atoms with Crippen molar-refractivity contribution in [2.75, 3.05) is 5.75 Å². The lowest BCUT2D eigenvalue weighted by atomic mass is 10.1. The van der Waals surface area contributed by atoms with Gasteiger partial charge in [0.25, 0.3) is 0 Å². The number of benzene rings is 1. The molecule has 1 amide bonds. The molecule has 0 spiro atoms. The van der Waals surface area contributed by atoms with Gasteiger partial charge in [0.15, 0.2) is 15.9 Å². The fraction of sp³-hybridized carbons (Fsp3) is 0.429. The topological polar surface area (TPSA) is 101 Å². The Balaban J connectivity index is 2.24. The second-order valence-electron chi connectivity index (χ2n) is 5.30. The Kier molecular flexibility index (Phi) is 5.26. The Labute approximate surface area is 137 Å². The highest BCUT2D eigenvalue weighted by Crippen LogP contribution is 2.23. The number of carboxylic acids is 1. The maximum absolute atomic E-state index is 13.5. The van der Waals surface area contributed by atoms with Crippen LogP contribution in [0.3, 0.4) is 0 Å². The number of sulfone groups is 1. The summed E-state index contributed by atoms with van der Waals surface area (Å²) in [5, 5.41) is 9.97. The van der Waals surface area contributed by atoms with E-state index in [1.54, 1.807) is 0 Å². The van der Waals surface area contributed by atoms with Gasteiger partial charge in [0.05, 0.1) is 10.8 Å².